The van der Waals surface area contributed by atoms with Gasteiger partial charge in [0.2, 0.25) is 11.8 Å². The van der Waals surface area contributed by atoms with Gasteiger partial charge in [-0.1, -0.05) is 20.8 Å². The van der Waals surface area contributed by atoms with Gasteiger partial charge in [0.25, 0.3) is 0 Å². The number of hydrogen-bond acceptors (Lipinski definition) is 3. The third-order valence-corrected chi connectivity index (χ3v) is 2.99. The molecular formula is C12H21N3O2. The Bertz CT molecular complexity index is 348. The first-order chi connectivity index (χ1) is 7.88. The smallest absolute Gasteiger partial charge is 0.226 e. The molecule has 0 saturated carbocycles. The summed E-state index contributed by atoms with van der Waals surface area (Å²) in [5, 5.41) is 3.10. The molecule has 5 nitrogen and oxygen atoms in total. The standard InChI is InChI=1S/C12H21N3O2/c1-4-10(16)15-6-5-14-8-9(15)7-12(2,3)11(13)17/h8,14H,4-7H2,1-3H3,(H2,13,17). The van der Waals surface area contributed by atoms with Gasteiger partial charge in [0.05, 0.1) is 0 Å². The molecule has 0 aromatic carbocycles. The summed E-state index contributed by atoms with van der Waals surface area (Å²) in [6.07, 6.45) is 2.75. The summed E-state index contributed by atoms with van der Waals surface area (Å²) in [6.45, 7) is 6.81. The minimum Gasteiger partial charge on any atom is -0.388 e. The molecule has 0 aliphatic carbocycles. The first-order valence-corrected chi connectivity index (χ1v) is 5.91. The van der Waals surface area contributed by atoms with Crippen molar-refractivity contribution in [3.05, 3.63) is 11.9 Å². The molecule has 1 heterocycles. The van der Waals surface area contributed by atoms with Gasteiger partial charge in [-0.05, 0) is 0 Å². The van der Waals surface area contributed by atoms with Crippen molar-refractivity contribution in [2.45, 2.75) is 33.6 Å². The average molecular weight is 239 g/mol. The number of nitrogens with two attached hydrogens (primary N) is 1. The molecule has 17 heavy (non-hydrogen) atoms. The minimum atomic E-state index is -0.642. The Balaban J connectivity index is 2.83. The highest BCUT2D eigenvalue weighted by atomic mass is 16.2. The van der Waals surface area contributed by atoms with Crippen LogP contribution in [0.3, 0.4) is 0 Å². The fourth-order valence-corrected chi connectivity index (χ4v) is 1.75. The van der Waals surface area contributed by atoms with Crippen LogP contribution in [-0.4, -0.2) is 29.8 Å². The fourth-order valence-electron chi connectivity index (χ4n) is 1.75. The Morgan fingerprint density at radius 1 is 1.53 bits per heavy atom. The van der Waals surface area contributed by atoms with Crippen molar-refractivity contribution >= 4 is 11.8 Å². The molecule has 0 fully saturated rings. The van der Waals surface area contributed by atoms with E-state index in [0.717, 1.165) is 12.2 Å². The predicted molar refractivity (Wildman–Crippen MR) is 65.7 cm³/mol. The minimum absolute atomic E-state index is 0.0815. The lowest BCUT2D eigenvalue weighted by molar-refractivity contribution is -0.131. The van der Waals surface area contributed by atoms with Gasteiger partial charge < -0.3 is 16.0 Å². The van der Waals surface area contributed by atoms with Crippen LogP contribution in [0.5, 0.6) is 0 Å². The number of nitrogens with one attached hydrogen (secondary N) is 1. The van der Waals surface area contributed by atoms with E-state index in [0.29, 0.717) is 19.4 Å². The first kappa shape index (κ1) is 13.5. The third-order valence-electron chi connectivity index (χ3n) is 2.99. The Hall–Kier alpha value is -1.52. The molecular weight excluding hydrogens is 218 g/mol. The second-order valence-electron chi connectivity index (χ2n) is 4.91. The van der Waals surface area contributed by atoms with Crippen molar-refractivity contribution in [3.8, 4) is 0 Å². The second kappa shape index (κ2) is 5.21. The number of allylic oxidation sites excluding steroid dienone is 1. The van der Waals surface area contributed by atoms with Crippen molar-refractivity contribution in [2.24, 2.45) is 11.1 Å². The Kier molecular flexibility index (Phi) is 4.15. The number of primary amides is 1. The highest BCUT2D eigenvalue weighted by Crippen LogP contribution is 2.27. The van der Waals surface area contributed by atoms with Crippen LogP contribution in [0.15, 0.2) is 11.9 Å². The zero-order valence-electron chi connectivity index (χ0n) is 10.7. The Morgan fingerprint density at radius 3 is 2.71 bits per heavy atom. The molecule has 1 aliphatic heterocycles. The average Bonchev–Trinajstić information content (AvgIpc) is 2.28. The number of amides is 2. The second-order valence-corrected chi connectivity index (χ2v) is 4.91. The number of nitrogens with zero attached hydrogens (tertiary/aromatic N) is 1. The van der Waals surface area contributed by atoms with Gasteiger partial charge in [0.1, 0.15) is 0 Å². The van der Waals surface area contributed by atoms with Crippen LogP contribution in [0, 0.1) is 5.41 Å². The van der Waals surface area contributed by atoms with Gasteiger partial charge in [-0.15, -0.1) is 0 Å². The maximum absolute atomic E-state index is 11.8. The summed E-state index contributed by atoms with van der Waals surface area (Å²) in [5.41, 5.74) is 5.55. The normalized spacial score (nSPS) is 16.2. The molecule has 1 rings (SSSR count). The van der Waals surface area contributed by atoms with Gasteiger partial charge in [-0.3, -0.25) is 9.59 Å². The quantitative estimate of drug-likeness (QED) is 0.753. The molecule has 0 saturated heterocycles. The number of hydrogen-bond donors (Lipinski definition) is 2. The number of rotatable bonds is 4. The van der Waals surface area contributed by atoms with Gasteiger partial charge in [0, 0.05) is 43.2 Å². The molecule has 0 radical (unpaired) electrons. The van der Waals surface area contributed by atoms with E-state index in [2.05, 4.69) is 5.32 Å². The van der Waals surface area contributed by atoms with Crippen LogP contribution in [0.4, 0.5) is 0 Å². The van der Waals surface area contributed by atoms with E-state index in [1.807, 2.05) is 13.1 Å². The molecule has 0 spiro atoms. The lowest BCUT2D eigenvalue weighted by Crippen LogP contribution is -2.42. The topological polar surface area (TPSA) is 75.4 Å². The lowest BCUT2D eigenvalue weighted by Gasteiger charge is -2.33. The maximum Gasteiger partial charge on any atom is 0.226 e. The van der Waals surface area contributed by atoms with E-state index >= 15 is 0 Å². The molecule has 3 N–H and O–H groups in total. The van der Waals surface area contributed by atoms with Gasteiger partial charge in [-0.25, -0.2) is 0 Å². The molecule has 0 aromatic heterocycles. The zero-order valence-corrected chi connectivity index (χ0v) is 10.7. The van der Waals surface area contributed by atoms with Crippen molar-refractivity contribution < 1.29 is 9.59 Å². The van der Waals surface area contributed by atoms with Crippen molar-refractivity contribution in [3.63, 3.8) is 0 Å². The summed E-state index contributed by atoms with van der Waals surface area (Å²) in [7, 11) is 0. The summed E-state index contributed by atoms with van der Waals surface area (Å²) < 4.78 is 0. The molecule has 0 aromatic rings. The van der Waals surface area contributed by atoms with E-state index in [1.54, 1.807) is 18.7 Å². The van der Waals surface area contributed by atoms with Crippen molar-refractivity contribution in [1.82, 2.24) is 10.2 Å². The predicted octanol–water partition coefficient (Wildman–Crippen LogP) is 0.571. The monoisotopic (exact) mass is 239 g/mol. The molecule has 2 amide bonds. The SMILES string of the molecule is CCC(=O)N1CCNC=C1CC(C)(C)C(N)=O. The van der Waals surface area contributed by atoms with E-state index < -0.39 is 5.41 Å². The molecule has 0 bridgehead atoms. The van der Waals surface area contributed by atoms with Crippen molar-refractivity contribution in [1.29, 1.82) is 0 Å². The molecule has 96 valence electrons. The largest absolute Gasteiger partial charge is 0.388 e. The maximum atomic E-state index is 11.8. The molecule has 1 aliphatic rings. The summed E-state index contributed by atoms with van der Waals surface area (Å²) in [4.78, 5) is 24.8. The van der Waals surface area contributed by atoms with Crippen molar-refractivity contribution in [2.75, 3.05) is 13.1 Å². The zero-order chi connectivity index (χ0) is 13.1. The third kappa shape index (κ3) is 3.22. The Morgan fingerprint density at radius 2 is 2.18 bits per heavy atom. The van der Waals surface area contributed by atoms with Crippen LogP contribution in [0.25, 0.3) is 0 Å². The van der Waals surface area contributed by atoms with Crippen LogP contribution >= 0.6 is 0 Å². The Labute approximate surface area is 102 Å². The van der Waals surface area contributed by atoms with Crippen LogP contribution < -0.4 is 11.1 Å². The van der Waals surface area contributed by atoms with E-state index in [1.165, 1.54) is 0 Å². The van der Waals surface area contributed by atoms with Gasteiger partial charge in [-0.2, -0.15) is 0 Å². The van der Waals surface area contributed by atoms with Crippen LogP contribution in [0.1, 0.15) is 33.6 Å². The summed E-state index contributed by atoms with van der Waals surface area (Å²) >= 11 is 0. The summed E-state index contributed by atoms with van der Waals surface area (Å²) in [6, 6.07) is 0. The van der Waals surface area contributed by atoms with Gasteiger partial charge in [0.15, 0.2) is 0 Å². The van der Waals surface area contributed by atoms with Crippen LogP contribution in [-0.2, 0) is 9.59 Å². The molecule has 0 unspecified atom stereocenters. The van der Waals surface area contributed by atoms with E-state index in [-0.39, 0.29) is 11.8 Å². The fraction of sp³-hybridized carbons (Fsp3) is 0.667. The van der Waals surface area contributed by atoms with E-state index in [9.17, 15) is 9.59 Å². The number of carbonyl (C=O) groups is 2. The molecule has 5 heteroatoms. The number of carbonyl (C=O) groups excluding carboxylic acids is 2. The lowest BCUT2D eigenvalue weighted by atomic mass is 9.86. The van der Waals surface area contributed by atoms with E-state index in [4.69, 9.17) is 5.73 Å². The highest BCUT2D eigenvalue weighted by molar-refractivity contribution is 5.81. The van der Waals surface area contributed by atoms with Crippen LogP contribution in [0.2, 0.25) is 0 Å². The molecule has 0 atom stereocenters. The highest BCUT2D eigenvalue weighted by Gasteiger charge is 2.30. The summed E-state index contributed by atoms with van der Waals surface area (Å²) in [5.74, 6) is -0.272. The first-order valence-electron chi connectivity index (χ1n) is 5.91. The van der Waals surface area contributed by atoms with Gasteiger partial charge >= 0.3 is 0 Å².